The van der Waals surface area contributed by atoms with Crippen molar-refractivity contribution < 1.29 is 9.53 Å². The number of hydrogen-bond acceptors (Lipinski definition) is 6. The van der Waals surface area contributed by atoms with Crippen molar-refractivity contribution in [3.05, 3.63) is 90.5 Å². The van der Waals surface area contributed by atoms with Gasteiger partial charge in [-0.3, -0.25) is 0 Å². The summed E-state index contributed by atoms with van der Waals surface area (Å²) >= 11 is 0. The van der Waals surface area contributed by atoms with Gasteiger partial charge < -0.3 is 4.74 Å². The van der Waals surface area contributed by atoms with E-state index in [0.29, 0.717) is 22.7 Å². The lowest BCUT2D eigenvalue weighted by Crippen LogP contribution is -2.08. The Morgan fingerprint density at radius 1 is 0.759 bits per heavy atom. The number of rotatable bonds is 6. The van der Waals surface area contributed by atoms with Gasteiger partial charge in [0.2, 0.25) is 0 Å². The van der Waals surface area contributed by atoms with Crippen LogP contribution in [0.2, 0.25) is 0 Å². The van der Waals surface area contributed by atoms with Gasteiger partial charge in [-0.25, -0.2) is 4.79 Å². The van der Waals surface area contributed by atoms with Gasteiger partial charge in [0.05, 0.1) is 22.7 Å². The maximum Gasteiger partial charge on any atom is 0.338 e. The predicted molar refractivity (Wildman–Crippen MR) is 113 cm³/mol. The molecule has 0 aliphatic rings. The van der Waals surface area contributed by atoms with Gasteiger partial charge in [0.1, 0.15) is 5.75 Å². The Morgan fingerprint density at radius 3 is 1.76 bits per heavy atom. The quantitative estimate of drug-likeness (QED) is 0.193. The van der Waals surface area contributed by atoms with E-state index in [9.17, 15) is 4.79 Å². The first-order chi connectivity index (χ1) is 14.0. The van der Waals surface area contributed by atoms with Crippen molar-refractivity contribution in [3.8, 4) is 5.75 Å². The van der Waals surface area contributed by atoms with Gasteiger partial charge in [-0.15, -0.1) is 0 Å². The van der Waals surface area contributed by atoms with Crippen molar-refractivity contribution >= 4 is 28.7 Å². The molecule has 0 fully saturated rings. The van der Waals surface area contributed by atoms with E-state index >= 15 is 0 Å². The van der Waals surface area contributed by atoms with Crippen molar-refractivity contribution in [2.45, 2.75) is 13.8 Å². The van der Waals surface area contributed by atoms with Crippen LogP contribution in [0.15, 0.2) is 105 Å². The molecule has 0 bridgehead atoms. The Labute approximate surface area is 169 Å². The fourth-order valence-corrected chi connectivity index (χ4v) is 2.31. The normalized spacial score (nSPS) is 11.1. The van der Waals surface area contributed by atoms with Gasteiger partial charge >= 0.3 is 5.97 Å². The third-order valence-corrected chi connectivity index (χ3v) is 3.88. The van der Waals surface area contributed by atoms with E-state index in [1.807, 2.05) is 61.5 Å². The molecule has 0 saturated carbocycles. The van der Waals surface area contributed by atoms with E-state index < -0.39 is 5.97 Å². The van der Waals surface area contributed by atoms with Crippen molar-refractivity contribution in [3.63, 3.8) is 0 Å². The summed E-state index contributed by atoms with van der Waals surface area (Å²) < 4.78 is 5.26. The number of nitrogens with zero attached hydrogens (tertiary/aromatic N) is 4. The average molecular weight is 384 g/mol. The van der Waals surface area contributed by atoms with Crippen LogP contribution in [0.1, 0.15) is 12.5 Å². The molecule has 3 aromatic rings. The first-order valence-electron chi connectivity index (χ1n) is 8.98. The SMILES string of the molecule is C=C(C)C(=O)Oc1ccc(N=Nc2ccc(N=Nc3ccccc3)cc2)cc1C. The minimum Gasteiger partial charge on any atom is -0.423 e. The molecule has 0 radical (unpaired) electrons. The maximum atomic E-state index is 11.6. The number of benzene rings is 3. The molecule has 6 heteroatoms. The van der Waals surface area contributed by atoms with Crippen molar-refractivity contribution in [1.82, 2.24) is 0 Å². The second kappa shape index (κ2) is 9.32. The monoisotopic (exact) mass is 384 g/mol. The Hall–Kier alpha value is -3.93. The largest absolute Gasteiger partial charge is 0.423 e. The Kier molecular flexibility index (Phi) is 6.37. The minimum absolute atomic E-state index is 0.347. The zero-order valence-corrected chi connectivity index (χ0v) is 16.2. The van der Waals surface area contributed by atoms with Crippen LogP contribution in [-0.2, 0) is 4.79 Å². The van der Waals surface area contributed by atoms with Crippen LogP contribution in [0.5, 0.6) is 5.75 Å². The average Bonchev–Trinajstić information content (AvgIpc) is 2.74. The third kappa shape index (κ3) is 5.77. The molecule has 0 aliphatic carbocycles. The first-order valence-corrected chi connectivity index (χ1v) is 8.98. The van der Waals surface area contributed by atoms with E-state index in [1.54, 1.807) is 25.1 Å². The van der Waals surface area contributed by atoms with E-state index in [4.69, 9.17) is 4.74 Å². The van der Waals surface area contributed by atoms with Crippen LogP contribution in [0.25, 0.3) is 0 Å². The van der Waals surface area contributed by atoms with Gasteiger partial charge in [-0.05, 0) is 74.0 Å². The molecule has 0 atom stereocenters. The fourth-order valence-electron chi connectivity index (χ4n) is 2.31. The summed E-state index contributed by atoms with van der Waals surface area (Å²) in [7, 11) is 0. The molecular formula is C23H20N4O2. The smallest absolute Gasteiger partial charge is 0.338 e. The van der Waals surface area contributed by atoms with E-state index in [2.05, 4.69) is 27.0 Å². The number of esters is 1. The fraction of sp³-hybridized carbons (Fsp3) is 0.0870. The lowest BCUT2D eigenvalue weighted by Gasteiger charge is -2.07. The number of ether oxygens (including phenoxy) is 1. The highest BCUT2D eigenvalue weighted by Crippen LogP contribution is 2.27. The molecular weight excluding hydrogens is 364 g/mol. The highest BCUT2D eigenvalue weighted by atomic mass is 16.5. The van der Waals surface area contributed by atoms with E-state index in [0.717, 1.165) is 16.9 Å². The lowest BCUT2D eigenvalue weighted by molar-refractivity contribution is -0.130. The van der Waals surface area contributed by atoms with Gasteiger partial charge in [0.15, 0.2) is 0 Å². The summed E-state index contributed by atoms with van der Waals surface area (Å²) in [6.45, 7) is 7.02. The van der Waals surface area contributed by atoms with Gasteiger partial charge in [-0.2, -0.15) is 20.5 Å². The first kappa shape index (κ1) is 19.8. The molecule has 0 unspecified atom stereocenters. The summed E-state index contributed by atoms with van der Waals surface area (Å²) in [5, 5.41) is 16.8. The van der Waals surface area contributed by atoms with Gasteiger partial charge in [-0.1, -0.05) is 24.8 Å². The summed E-state index contributed by atoms with van der Waals surface area (Å²) in [5.74, 6) is 0.0251. The maximum absolute atomic E-state index is 11.6. The standard InChI is InChI=1S/C23H20N4O2/c1-16(2)23(28)29-22-14-13-21(15-17(22)3)27-26-20-11-9-19(10-12-20)25-24-18-7-5-4-6-8-18/h4-15H,1H2,2-3H3. The zero-order chi connectivity index (χ0) is 20.6. The van der Waals surface area contributed by atoms with Crippen LogP contribution >= 0.6 is 0 Å². The van der Waals surface area contributed by atoms with Crippen molar-refractivity contribution in [1.29, 1.82) is 0 Å². The molecule has 3 aromatic carbocycles. The van der Waals surface area contributed by atoms with Crippen LogP contribution in [0, 0.1) is 6.92 Å². The highest BCUT2D eigenvalue weighted by molar-refractivity contribution is 5.89. The molecule has 29 heavy (non-hydrogen) atoms. The summed E-state index contributed by atoms with van der Waals surface area (Å²) in [4.78, 5) is 11.6. The predicted octanol–water partition coefficient (Wildman–Crippen LogP) is 7.31. The summed E-state index contributed by atoms with van der Waals surface area (Å²) in [6.07, 6.45) is 0. The third-order valence-electron chi connectivity index (χ3n) is 3.88. The number of hydrogen-bond donors (Lipinski definition) is 0. The molecule has 0 amide bonds. The van der Waals surface area contributed by atoms with Crippen LogP contribution in [0.3, 0.4) is 0 Å². The molecule has 0 saturated heterocycles. The Balaban J connectivity index is 1.65. The number of carbonyl (C=O) groups is 1. The number of aryl methyl sites for hydroxylation is 1. The second-order valence-corrected chi connectivity index (χ2v) is 6.37. The van der Waals surface area contributed by atoms with E-state index in [1.165, 1.54) is 0 Å². The molecule has 0 heterocycles. The number of carbonyl (C=O) groups excluding carboxylic acids is 1. The Morgan fingerprint density at radius 2 is 1.24 bits per heavy atom. The number of azo groups is 2. The molecule has 0 aliphatic heterocycles. The van der Waals surface area contributed by atoms with Crippen LogP contribution < -0.4 is 4.74 Å². The molecule has 0 N–H and O–H groups in total. The molecule has 0 spiro atoms. The summed E-state index contributed by atoms with van der Waals surface area (Å²) in [6, 6.07) is 22.0. The highest BCUT2D eigenvalue weighted by Gasteiger charge is 2.08. The second-order valence-electron chi connectivity index (χ2n) is 6.37. The van der Waals surface area contributed by atoms with Crippen LogP contribution in [-0.4, -0.2) is 5.97 Å². The van der Waals surface area contributed by atoms with Crippen LogP contribution in [0.4, 0.5) is 22.7 Å². The van der Waals surface area contributed by atoms with Crippen molar-refractivity contribution in [2.75, 3.05) is 0 Å². The minimum atomic E-state index is -0.452. The van der Waals surface area contributed by atoms with Gasteiger partial charge in [0, 0.05) is 5.57 Å². The molecule has 3 rings (SSSR count). The topological polar surface area (TPSA) is 75.7 Å². The summed E-state index contributed by atoms with van der Waals surface area (Å²) in [5.41, 5.74) is 4.01. The Bertz CT molecular complexity index is 1070. The molecule has 0 aromatic heterocycles. The lowest BCUT2D eigenvalue weighted by atomic mass is 10.2. The molecule has 144 valence electrons. The van der Waals surface area contributed by atoms with Gasteiger partial charge in [0.25, 0.3) is 0 Å². The van der Waals surface area contributed by atoms with E-state index in [-0.39, 0.29) is 0 Å². The zero-order valence-electron chi connectivity index (χ0n) is 16.2. The molecule has 6 nitrogen and oxygen atoms in total. The van der Waals surface area contributed by atoms with Crippen molar-refractivity contribution in [2.24, 2.45) is 20.5 Å².